The first-order chi connectivity index (χ1) is 12.9. The molecule has 8 heteroatoms. The van der Waals surface area contributed by atoms with E-state index in [0.717, 1.165) is 29.5 Å². The lowest BCUT2D eigenvalue weighted by Crippen LogP contribution is -2.37. The van der Waals surface area contributed by atoms with Gasteiger partial charge in [-0.3, -0.25) is 0 Å². The number of amides is 1. The Bertz CT molecular complexity index is 853. The maximum atomic E-state index is 11.4. The second kappa shape index (κ2) is 8.31. The number of carbonyl (C=O) groups is 1. The predicted molar refractivity (Wildman–Crippen MR) is 114 cm³/mol. The molecule has 1 aromatic carbocycles. The van der Waals surface area contributed by atoms with Gasteiger partial charge >= 0.3 is 6.09 Å². The highest BCUT2D eigenvalue weighted by molar-refractivity contribution is 8.93. The maximum Gasteiger partial charge on any atom is 0.410 e. The van der Waals surface area contributed by atoms with Crippen LogP contribution >= 0.6 is 28.3 Å². The molecule has 2 unspecified atom stereocenters. The number of primary amides is 1. The zero-order chi connectivity index (χ0) is 19.1. The van der Waals surface area contributed by atoms with Crippen LogP contribution in [0, 0.1) is 6.92 Å². The molecule has 2 aliphatic rings. The summed E-state index contributed by atoms with van der Waals surface area (Å²) in [5, 5.41) is 23.7. The normalized spacial score (nSPS) is 23.2. The second-order valence-electron chi connectivity index (χ2n) is 7.62. The van der Waals surface area contributed by atoms with Crippen molar-refractivity contribution in [1.82, 2.24) is 5.32 Å². The van der Waals surface area contributed by atoms with E-state index in [1.54, 1.807) is 12.1 Å². The summed E-state index contributed by atoms with van der Waals surface area (Å²) in [4.78, 5) is 12.7. The Kier molecular flexibility index (Phi) is 6.21. The Morgan fingerprint density at radius 1 is 1.21 bits per heavy atom. The van der Waals surface area contributed by atoms with Crippen LogP contribution in [0.25, 0.3) is 0 Å². The summed E-state index contributed by atoms with van der Waals surface area (Å²) in [6.07, 6.45) is 4.27. The maximum absolute atomic E-state index is 11.4. The molecule has 2 aliphatic heterocycles. The van der Waals surface area contributed by atoms with Crippen LogP contribution < -0.4 is 15.8 Å². The lowest BCUT2D eigenvalue weighted by atomic mass is 9.88. The van der Waals surface area contributed by atoms with E-state index in [-0.39, 0.29) is 28.5 Å². The minimum Gasteiger partial charge on any atom is -0.508 e. The molecule has 2 atom stereocenters. The number of nitrogens with one attached hydrogen (secondary N) is 1. The molecule has 28 heavy (non-hydrogen) atoms. The van der Waals surface area contributed by atoms with Gasteiger partial charge in [-0.1, -0.05) is 0 Å². The molecule has 152 valence electrons. The molecule has 2 fully saturated rings. The Morgan fingerprint density at radius 2 is 1.82 bits per heavy atom. The quantitative estimate of drug-likeness (QED) is 0.540. The lowest BCUT2D eigenvalue weighted by molar-refractivity contribution is 0.212. The predicted octanol–water partition coefficient (Wildman–Crippen LogP) is 4.09. The van der Waals surface area contributed by atoms with Crippen molar-refractivity contribution in [1.29, 1.82) is 0 Å². The molecule has 5 N–H and O–H groups in total. The van der Waals surface area contributed by atoms with Crippen LogP contribution in [0.3, 0.4) is 0 Å². The van der Waals surface area contributed by atoms with E-state index < -0.39 is 6.09 Å². The van der Waals surface area contributed by atoms with Gasteiger partial charge in [-0.05, 0) is 61.8 Å². The molecule has 2 aromatic rings. The van der Waals surface area contributed by atoms with Crippen molar-refractivity contribution < 1.29 is 19.7 Å². The highest BCUT2D eigenvalue weighted by Crippen LogP contribution is 2.46. The number of hydrogen-bond acceptors (Lipinski definition) is 6. The molecule has 2 bridgehead atoms. The molecule has 4 rings (SSSR count). The van der Waals surface area contributed by atoms with Crippen molar-refractivity contribution in [2.45, 2.75) is 57.0 Å². The lowest BCUT2D eigenvalue weighted by Gasteiger charge is -2.29. The van der Waals surface area contributed by atoms with Crippen LogP contribution in [0.1, 0.15) is 53.2 Å². The van der Waals surface area contributed by atoms with E-state index in [9.17, 15) is 15.0 Å². The number of ether oxygens (including phenoxy) is 1. The fraction of sp³-hybridized carbons (Fsp3) is 0.450. The number of carbonyl (C=O) groups excluding carboxylic acids is 1. The smallest absolute Gasteiger partial charge is 0.410 e. The van der Waals surface area contributed by atoms with Gasteiger partial charge in [-0.25, -0.2) is 4.79 Å². The van der Waals surface area contributed by atoms with Crippen molar-refractivity contribution in [2.75, 3.05) is 0 Å². The second-order valence-corrected chi connectivity index (χ2v) is 8.63. The fourth-order valence-corrected chi connectivity index (χ4v) is 5.85. The van der Waals surface area contributed by atoms with Crippen LogP contribution in [-0.4, -0.2) is 28.4 Å². The summed E-state index contributed by atoms with van der Waals surface area (Å²) < 4.78 is 5.32. The summed E-state index contributed by atoms with van der Waals surface area (Å²) >= 11 is 1.50. The van der Waals surface area contributed by atoms with Crippen molar-refractivity contribution in [3.63, 3.8) is 0 Å². The summed E-state index contributed by atoms with van der Waals surface area (Å²) in [7, 11) is 0. The zero-order valence-corrected chi connectivity index (χ0v) is 18.1. The highest BCUT2D eigenvalue weighted by atomic mass is 79.9. The highest BCUT2D eigenvalue weighted by Gasteiger charge is 2.36. The summed E-state index contributed by atoms with van der Waals surface area (Å²) in [6.45, 7) is 2.06. The van der Waals surface area contributed by atoms with Gasteiger partial charge in [-0.15, -0.1) is 28.3 Å². The Labute approximate surface area is 178 Å². The average Bonchev–Trinajstić information content (AvgIpc) is 3.07. The molecule has 2 saturated heterocycles. The van der Waals surface area contributed by atoms with Crippen LogP contribution in [-0.2, 0) is 6.42 Å². The minimum atomic E-state index is -0.826. The van der Waals surface area contributed by atoms with Crippen LogP contribution in [0.15, 0.2) is 18.2 Å². The van der Waals surface area contributed by atoms with Crippen molar-refractivity contribution in [2.24, 2.45) is 5.73 Å². The molecule has 6 nitrogen and oxygen atoms in total. The van der Waals surface area contributed by atoms with E-state index in [0.29, 0.717) is 29.5 Å². The molecule has 0 spiro atoms. The third-order valence-electron chi connectivity index (χ3n) is 5.65. The van der Waals surface area contributed by atoms with Gasteiger partial charge < -0.3 is 26.0 Å². The van der Waals surface area contributed by atoms with E-state index >= 15 is 0 Å². The molecule has 0 aliphatic carbocycles. The van der Waals surface area contributed by atoms with Crippen LogP contribution in [0.2, 0.25) is 0 Å². The Hall–Kier alpha value is -1.77. The Balaban J connectivity index is 0.00000225. The summed E-state index contributed by atoms with van der Waals surface area (Å²) in [5.41, 5.74) is 8.04. The third-order valence-corrected chi connectivity index (χ3v) is 7.03. The topological polar surface area (TPSA) is 105 Å². The van der Waals surface area contributed by atoms with Gasteiger partial charge in [0.05, 0.1) is 0 Å². The van der Waals surface area contributed by atoms with Gasteiger partial charge in [-0.2, -0.15) is 0 Å². The number of benzene rings is 1. The molecular formula is C20H25BrN2O4S. The number of rotatable bonds is 4. The van der Waals surface area contributed by atoms with Crippen molar-refractivity contribution >= 4 is 34.4 Å². The standard InChI is InChI=1S/C20H24N2O4S.BrH/c1-10-17(6-11-4-15(23)9-16(24)5-11)19(26-20(21)25)27-18(10)12-7-13-2-3-14(8-12)22-13;/h4-5,9,12-14,22-24H,2-3,6-8H2,1H3,(H2,21,25);1H. The monoisotopic (exact) mass is 468 g/mol. The fourth-order valence-electron chi connectivity index (χ4n) is 4.54. The number of nitrogens with two attached hydrogens (primary N) is 1. The number of thiophene rings is 1. The molecule has 1 aromatic heterocycles. The first kappa shape index (κ1) is 21.0. The number of halogens is 1. The number of piperidine rings is 1. The van der Waals surface area contributed by atoms with Gasteiger partial charge in [0, 0.05) is 35.0 Å². The Morgan fingerprint density at radius 3 is 2.39 bits per heavy atom. The van der Waals surface area contributed by atoms with E-state index in [1.807, 2.05) is 0 Å². The minimum absolute atomic E-state index is 0. The van der Waals surface area contributed by atoms with Crippen LogP contribution in [0.4, 0.5) is 4.79 Å². The van der Waals surface area contributed by atoms with E-state index in [1.165, 1.54) is 35.1 Å². The average molecular weight is 469 g/mol. The summed E-state index contributed by atoms with van der Waals surface area (Å²) in [5.74, 6) is 0.464. The van der Waals surface area contributed by atoms with Gasteiger partial charge in [0.2, 0.25) is 0 Å². The first-order valence-electron chi connectivity index (χ1n) is 9.26. The van der Waals surface area contributed by atoms with Gasteiger partial charge in [0.1, 0.15) is 11.5 Å². The number of hydrogen-bond donors (Lipinski definition) is 4. The first-order valence-corrected chi connectivity index (χ1v) is 10.1. The number of phenols is 2. The molecule has 0 radical (unpaired) electrons. The number of aromatic hydroxyl groups is 2. The summed E-state index contributed by atoms with van der Waals surface area (Å²) in [6, 6.07) is 5.65. The number of fused-ring (bicyclic) bond motifs is 2. The third kappa shape index (κ3) is 4.29. The van der Waals surface area contributed by atoms with Gasteiger partial charge in [0.25, 0.3) is 0 Å². The van der Waals surface area contributed by atoms with E-state index in [2.05, 4.69) is 12.2 Å². The van der Waals surface area contributed by atoms with E-state index in [4.69, 9.17) is 10.5 Å². The zero-order valence-electron chi connectivity index (χ0n) is 15.6. The SMILES string of the molecule is Br.Cc1c(C2CC3CCC(C2)N3)sc(OC(N)=O)c1Cc1cc(O)cc(O)c1. The van der Waals surface area contributed by atoms with Crippen molar-refractivity contribution in [3.8, 4) is 16.6 Å². The largest absolute Gasteiger partial charge is 0.508 e. The van der Waals surface area contributed by atoms with Crippen molar-refractivity contribution in [3.05, 3.63) is 39.8 Å². The molecule has 1 amide bonds. The molecule has 3 heterocycles. The molecular weight excluding hydrogens is 444 g/mol. The van der Waals surface area contributed by atoms with Crippen LogP contribution in [0.5, 0.6) is 16.6 Å². The molecule has 0 saturated carbocycles. The van der Waals surface area contributed by atoms with Gasteiger partial charge in [0.15, 0.2) is 5.06 Å². The number of phenolic OH excluding ortho intramolecular Hbond substituents is 2.